The van der Waals surface area contributed by atoms with Crippen molar-refractivity contribution in [2.45, 2.75) is 0 Å². The molecule has 0 radical (unpaired) electrons. The van der Waals surface area contributed by atoms with Crippen molar-refractivity contribution in [1.29, 1.82) is 0 Å². The molecule has 0 unspecified atom stereocenters. The summed E-state index contributed by atoms with van der Waals surface area (Å²) in [4.78, 5) is 0. The highest BCUT2D eigenvalue weighted by molar-refractivity contribution is 6.12. The van der Waals surface area contributed by atoms with E-state index in [0.29, 0.717) is 0 Å². The van der Waals surface area contributed by atoms with Gasteiger partial charge in [0.15, 0.2) is 0 Å². The molecule has 0 aliphatic rings. The molecule has 0 atom stereocenters. The lowest BCUT2D eigenvalue weighted by Gasteiger charge is -2.09. The Bertz CT molecular complexity index is 2910. The highest BCUT2D eigenvalue weighted by Crippen LogP contribution is 2.39. The zero-order valence-corrected chi connectivity index (χ0v) is 27.6. The van der Waals surface area contributed by atoms with E-state index in [4.69, 9.17) is 4.42 Å². The summed E-state index contributed by atoms with van der Waals surface area (Å²) in [7, 11) is 0. The van der Waals surface area contributed by atoms with Crippen LogP contribution in [0.3, 0.4) is 0 Å². The van der Waals surface area contributed by atoms with E-state index in [1.165, 1.54) is 54.7 Å². The minimum atomic E-state index is 0.894. The molecule has 0 aliphatic heterocycles. The summed E-state index contributed by atoms with van der Waals surface area (Å²) in [5.74, 6) is 0. The first-order valence-corrected chi connectivity index (χ1v) is 17.4. The number of benzene rings is 8. The molecule has 51 heavy (non-hydrogen) atoms. The zero-order valence-electron chi connectivity index (χ0n) is 27.6. The molecule has 0 bridgehead atoms. The van der Waals surface area contributed by atoms with E-state index in [1.54, 1.807) is 0 Å². The Balaban J connectivity index is 1.07. The predicted octanol–water partition coefficient (Wildman–Crippen LogP) is 13.1. The predicted molar refractivity (Wildman–Crippen MR) is 213 cm³/mol. The highest BCUT2D eigenvalue weighted by atomic mass is 16.3. The second-order valence-electron chi connectivity index (χ2n) is 13.4. The van der Waals surface area contributed by atoms with Crippen LogP contribution < -0.4 is 0 Å². The molecule has 0 N–H and O–H groups in total. The van der Waals surface area contributed by atoms with Crippen molar-refractivity contribution in [2.75, 3.05) is 0 Å². The van der Waals surface area contributed by atoms with Crippen molar-refractivity contribution in [3.05, 3.63) is 182 Å². The van der Waals surface area contributed by atoms with Crippen molar-refractivity contribution < 1.29 is 4.42 Å². The Morgan fingerprint density at radius 2 is 0.647 bits per heavy atom. The van der Waals surface area contributed by atoms with Crippen LogP contribution in [0.15, 0.2) is 186 Å². The fraction of sp³-hybridized carbons (Fsp3) is 0. The topological polar surface area (TPSA) is 23.0 Å². The maximum atomic E-state index is 6.40. The van der Waals surface area contributed by atoms with Crippen LogP contribution in [0.2, 0.25) is 0 Å². The Morgan fingerprint density at radius 3 is 1.12 bits per heavy atom. The third-order valence-corrected chi connectivity index (χ3v) is 10.5. The number of furan rings is 1. The highest BCUT2D eigenvalue weighted by Gasteiger charge is 2.16. The SMILES string of the molecule is c1ccc(-n2c3ccccc3c3ccc(-c4ccc5oc6ccc(-c7ccc8c9ccccc9n(-c9ccccc9)c8c7)cc6c5c4)cc32)cc1. The van der Waals surface area contributed by atoms with Gasteiger partial charge in [0.05, 0.1) is 22.1 Å². The van der Waals surface area contributed by atoms with Gasteiger partial charge in [-0.05, 0) is 95.1 Å². The lowest BCUT2D eigenvalue weighted by atomic mass is 9.99. The first-order chi connectivity index (χ1) is 25.3. The molecule has 0 spiro atoms. The van der Waals surface area contributed by atoms with E-state index in [-0.39, 0.29) is 0 Å². The number of para-hydroxylation sites is 4. The first-order valence-electron chi connectivity index (χ1n) is 17.4. The normalized spacial score (nSPS) is 11.9. The van der Waals surface area contributed by atoms with Crippen molar-refractivity contribution >= 4 is 65.6 Å². The number of hydrogen-bond acceptors (Lipinski definition) is 1. The van der Waals surface area contributed by atoms with Crippen molar-refractivity contribution in [1.82, 2.24) is 9.13 Å². The average molecular weight is 651 g/mol. The van der Waals surface area contributed by atoms with E-state index >= 15 is 0 Å². The molecule has 3 heterocycles. The van der Waals surface area contributed by atoms with Crippen LogP contribution in [-0.2, 0) is 0 Å². The molecule has 0 fully saturated rings. The van der Waals surface area contributed by atoms with Gasteiger partial charge in [0, 0.05) is 43.7 Å². The quantitative estimate of drug-likeness (QED) is 0.186. The standard InChI is InChI=1S/C48H30N2O/c1-3-11-35(12-4-1)49-43-17-9-7-15-37(43)39-23-19-33(29-45(39)49)31-21-25-47-41(27-31)42-28-32(22-26-48(42)51-47)34-20-24-40-38-16-8-10-18-44(38)50(46(40)30-34)36-13-5-2-6-14-36/h1-30H. The maximum Gasteiger partial charge on any atom is 0.135 e. The maximum absolute atomic E-state index is 6.40. The number of nitrogens with zero attached hydrogens (tertiary/aromatic N) is 2. The van der Waals surface area contributed by atoms with E-state index in [2.05, 4.69) is 191 Å². The second kappa shape index (κ2) is 10.8. The fourth-order valence-corrected chi connectivity index (χ4v) is 8.15. The Morgan fingerprint density at radius 1 is 0.275 bits per heavy atom. The number of hydrogen-bond donors (Lipinski definition) is 0. The summed E-state index contributed by atoms with van der Waals surface area (Å²) in [6.07, 6.45) is 0. The van der Waals surface area contributed by atoms with Crippen LogP contribution in [0.5, 0.6) is 0 Å². The summed E-state index contributed by atoms with van der Waals surface area (Å²) in [5, 5.41) is 7.25. The minimum absolute atomic E-state index is 0.894. The van der Waals surface area contributed by atoms with Gasteiger partial charge in [0.2, 0.25) is 0 Å². The van der Waals surface area contributed by atoms with Crippen molar-refractivity contribution in [3.63, 3.8) is 0 Å². The van der Waals surface area contributed by atoms with Crippen LogP contribution in [-0.4, -0.2) is 9.13 Å². The molecule has 238 valence electrons. The van der Waals surface area contributed by atoms with Gasteiger partial charge in [-0.2, -0.15) is 0 Å². The van der Waals surface area contributed by atoms with Crippen LogP contribution in [0.1, 0.15) is 0 Å². The molecule has 0 saturated carbocycles. The average Bonchev–Trinajstić information content (AvgIpc) is 3.85. The van der Waals surface area contributed by atoms with Crippen molar-refractivity contribution in [2.24, 2.45) is 0 Å². The van der Waals surface area contributed by atoms with Gasteiger partial charge in [-0.1, -0.05) is 109 Å². The molecule has 3 aromatic heterocycles. The summed E-state index contributed by atoms with van der Waals surface area (Å²) in [6, 6.07) is 65.5. The summed E-state index contributed by atoms with van der Waals surface area (Å²) in [6.45, 7) is 0. The van der Waals surface area contributed by atoms with Crippen LogP contribution >= 0.6 is 0 Å². The largest absolute Gasteiger partial charge is 0.456 e. The summed E-state index contributed by atoms with van der Waals surface area (Å²) >= 11 is 0. The van der Waals surface area contributed by atoms with Gasteiger partial charge in [0.25, 0.3) is 0 Å². The van der Waals surface area contributed by atoms with Crippen LogP contribution in [0.4, 0.5) is 0 Å². The van der Waals surface area contributed by atoms with Crippen LogP contribution in [0.25, 0.3) is 99.2 Å². The molecular weight excluding hydrogens is 621 g/mol. The van der Waals surface area contributed by atoms with Gasteiger partial charge in [-0.15, -0.1) is 0 Å². The van der Waals surface area contributed by atoms with Gasteiger partial charge in [0.1, 0.15) is 11.2 Å². The first kappa shape index (κ1) is 28.0. The molecule has 3 nitrogen and oxygen atoms in total. The van der Waals surface area contributed by atoms with E-state index in [9.17, 15) is 0 Å². The molecule has 8 aromatic carbocycles. The van der Waals surface area contributed by atoms with E-state index < -0.39 is 0 Å². The Labute approximate surface area is 293 Å². The lowest BCUT2D eigenvalue weighted by Crippen LogP contribution is -1.93. The second-order valence-corrected chi connectivity index (χ2v) is 13.4. The number of rotatable bonds is 4. The third kappa shape index (κ3) is 4.25. The van der Waals surface area contributed by atoms with Gasteiger partial charge in [-0.25, -0.2) is 0 Å². The molecule has 0 amide bonds. The molecule has 11 rings (SSSR count). The van der Waals surface area contributed by atoms with E-state index in [1.807, 2.05) is 0 Å². The number of fused-ring (bicyclic) bond motifs is 9. The smallest absolute Gasteiger partial charge is 0.135 e. The van der Waals surface area contributed by atoms with Gasteiger partial charge >= 0.3 is 0 Å². The Kier molecular flexibility index (Phi) is 5.96. The van der Waals surface area contributed by atoms with Crippen LogP contribution in [0, 0.1) is 0 Å². The molecular formula is C48H30N2O. The monoisotopic (exact) mass is 650 g/mol. The van der Waals surface area contributed by atoms with Crippen molar-refractivity contribution in [3.8, 4) is 33.6 Å². The molecule has 0 saturated heterocycles. The molecule has 11 aromatic rings. The fourth-order valence-electron chi connectivity index (χ4n) is 8.15. The Hall–Kier alpha value is -6.84. The van der Waals surface area contributed by atoms with Gasteiger partial charge in [-0.3, -0.25) is 0 Å². The molecule has 3 heteroatoms. The molecule has 0 aliphatic carbocycles. The summed E-state index contributed by atoms with van der Waals surface area (Å²) < 4.78 is 11.2. The van der Waals surface area contributed by atoms with Gasteiger partial charge < -0.3 is 13.6 Å². The lowest BCUT2D eigenvalue weighted by molar-refractivity contribution is 0.669. The summed E-state index contributed by atoms with van der Waals surface area (Å²) in [5.41, 5.74) is 13.6. The number of aromatic nitrogens is 2. The van der Waals surface area contributed by atoms with E-state index in [0.717, 1.165) is 44.4 Å². The zero-order chi connectivity index (χ0) is 33.5. The third-order valence-electron chi connectivity index (χ3n) is 10.5. The minimum Gasteiger partial charge on any atom is -0.456 e.